The number of hydrogen-bond acceptors (Lipinski definition) is 2. The van der Waals surface area contributed by atoms with E-state index < -0.39 is 0 Å². The van der Waals surface area contributed by atoms with Crippen molar-refractivity contribution in [2.45, 2.75) is 19.3 Å². The second kappa shape index (κ2) is 34.0. The maximum atomic E-state index is 6.16. The van der Waals surface area contributed by atoms with Crippen molar-refractivity contribution in [3.05, 3.63) is 533 Å². The van der Waals surface area contributed by atoms with E-state index in [1.807, 2.05) is 23.5 Å². The normalized spacial score (nSPS) is 12.4. The van der Waals surface area contributed by atoms with Gasteiger partial charge in [-0.3, -0.25) is 0 Å². The zero-order valence-electron chi connectivity index (χ0n) is 81.7. The van der Waals surface area contributed by atoms with Gasteiger partial charge in [-0.25, -0.2) is 0 Å². The number of rotatable bonds is 11. The smallest absolute Gasteiger partial charge is 0.135 e. The van der Waals surface area contributed by atoms with Crippen LogP contribution in [0.4, 0.5) is 0 Å². The molecule has 7 nitrogen and oxygen atoms in total. The Kier molecular flexibility index (Phi) is 19.5. The first-order valence-electron chi connectivity index (χ1n) is 51.3. The summed E-state index contributed by atoms with van der Waals surface area (Å²) in [6.45, 7) is 4.71. The molecular weight excluding hydrogens is 1830 g/mol. The molecule has 8 aromatic heterocycles. The van der Waals surface area contributed by atoms with E-state index in [1.54, 1.807) is 0 Å². The van der Waals surface area contributed by atoms with Crippen LogP contribution >= 0.6 is 11.3 Å². The molecule has 0 radical (unpaired) electrons. The molecule has 0 amide bonds. The third-order valence-electron chi connectivity index (χ3n) is 31.6. The van der Waals surface area contributed by atoms with E-state index in [-0.39, 0.29) is 5.41 Å². The summed E-state index contributed by atoms with van der Waals surface area (Å²) >= 11 is 1.86. The second-order valence-corrected chi connectivity index (χ2v) is 41.2. The predicted molar refractivity (Wildman–Crippen MR) is 630 cm³/mol. The first-order valence-corrected chi connectivity index (χ1v) is 52.1. The number of nitrogens with zero attached hydrogens (tertiary/aromatic N) is 6. The fourth-order valence-electron chi connectivity index (χ4n) is 24.6. The topological polar surface area (TPSA) is 42.7 Å². The summed E-state index contributed by atoms with van der Waals surface area (Å²) in [6.07, 6.45) is 0. The minimum Gasteiger partial charge on any atom is -0.456 e. The van der Waals surface area contributed by atoms with Crippen LogP contribution in [0.15, 0.2) is 526 Å². The fourth-order valence-corrected chi connectivity index (χ4v) is 25.6. The average Bonchev–Trinajstić information content (AvgIpc) is 1.57. The van der Waals surface area contributed by atoms with Crippen molar-refractivity contribution in [1.29, 1.82) is 0 Å². The summed E-state index contributed by atoms with van der Waals surface area (Å²) in [6, 6.07) is 190. The van der Waals surface area contributed by atoms with E-state index in [2.05, 4.69) is 551 Å². The summed E-state index contributed by atoms with van der Waals surface area (Å²) in [7, 11) is 0. The molecule has 0 bridgehead atoms. The van der Waals surface area contributed by atoms with Gasteiger partial charge in [-0.05, 0) is 266 Å². The molecule has 8 heterocycles. The maximum absolute atomic E-state index is 6.16. The highest BCUT2D eigenvalue weighted by Crippen LogP contribution is 2.52. The minimum absolute atomic E-state index is 0.0554. The molecule has 0 spiro atoms. The number of para-hydroxylation sites is 8. The number of aromatic nitrogens is 6. The van der Waals surface area contributed by atoms with Gasteiger partial charge in [0.25, 0.3) is 0 Å². The Morgan fingerprint density at radius 1 is 0.154 bits per heavy atom. The van der Waals surface area contributed by atoms with E-state index >= 15 is 0 Å². The number of benzene rings is 23. The number of thiophene rings is 1. The lowest BCUT2D eigenvalue weighted by molar-refractivity contribution is 0.660. The Labute approximate surface area is 862 Å². The molecule has 8 heteroatoms. The van der Waals surface area contributed by atoms with E-state index in [9.17, 15) is 0 Å². The van der Waals surface area contributed by atoms with Gasteiger partial charge in [0.15, 0.2) is 0 Å². The highest BCUT2D eigenvalue weighted by Gasteiger charge is 2.36. The quantitative estimate of drug-likeness (QED) is 0.127. The highest BCUT2D eigenvalue weighted by molar-refractivity contribution is 7.25. The van der Waals surface area contributed by atoms with Gasteiger partial charge >= 0.3 is 0 Å². The molecule has 1 aliphatic carbocycles. The summed E-state index contributed by atoms with van der Waals surface area (Å²) in [5.41, 5.74) is 40.9. The van der Waals surface area contributed by atoms with Crippen LogP contribution < -0.4 is 0 Å². The molecule has 0 unspecified atom stereocenters. The summed E-state index contributed by atoms with van der Waals surface area (Å²) in [5.74, 6) is 0. The van der Waals surface area contributed by atoms with Gasteiger partial charge in [0, 0.05) is 135 Å². The Bertz CT molecular complexity index is 10500. The molecule has 31 aromatic rings. The van der Waals surface area contributed by atoms with Crippen LogP contribution in [0.3, 0.4) is 0 Å². The Balaban J connectivity index is 0.000000103. The van der Waals surface area contributed by atoms with Gasteiger partial charge in [0.1, 0.15) is 11.2 Å². The molecule has 0 N–H and O–H groups in total. The van der Waals surface area contributed by atoms with Crippen molar-refractivity contribution in [3.63, 3.8) is 0 Å². The van der Waals surface area contributed by atoms with Crippen molar-refractivity contribution >= 4 is 184 Å². The van der Waals surface area contributed by atoms with Crippen LogP contribution in [0.5, 0.6) is 0 Å². The molecule has 0 saturated carbocycles. The van der Waals surface area contributed by atoms with Crippen LogP contribution in [0.1, 0.15) is 25.0 Å². The van der Waals surface area contributed by atoms with Gasteiger partial charge in [0.05, 0.1) is 66.2 Å². The molecule has 0 saturated heterocycles. The Morgan fingerprint density at radius 3 is 0.906 bits per heavy atom. The molecule has 149 heavy (non-hydrogen) atoms. The molecule has 1 aliphatic rings. The van der Waals surface area contributed by atoms with Crippen LogP contribution in [0, 0.1) is 0 Å². The summed E-state index contributed by atoms with van der Waals surface area (Å²) in [4.78, 5) is 0. The molecule has 0 fully saturated rings. The third-order valence-corrected chi connectivity index (χ3v) is 32.7. The van der Waals surface area contributed by atoms with Crippen molar-refractivity contribution in [1.82, 2.24) is 27.4 Å². The monoisotopic (exact) mass is 1920 g/mol. The van der Waals surface area contributed by atoms with Crippen molar-refractivity contribution in [3.8, 4) is 101 Å². The first-order chi connectivity index (χ1) is 73.6. The van der Waals surface area contributed by atoms with Gasteiger partial charge in [0.2, 0.25) is 0 Å². The Hall–Kier alpha value is -19.1. The number of fused-ring (bicyclic) bond motifs is 27. The van der Waals surface area contributed by atoms with Gasteiger partial charge in [-0.15, -0.1) is 11.3 Å². The van der Waals surface area contributed by atoms with E-state index in [0.29, 0.717) is 0 Å². The molecule has 23 aromatic carbocycles. The standard InChI is InChI=1S/C48H30N2O.C48H30N2S.C45H32N2/c2*1-2-10-31(11-3-1)32-18-22-35(23-19-32)49-43-15-7-4-12-37(43)39-25-20-34(29-46(39)49)33-21-26-45-41(28-33)38-13-5-8-16-44(38)50(45)36-24-27-48-42(30-36)40-14-6-9-17-47(40)51-48;1-45(2)39-17-9-6-14-33(39)34-24-22-32(28-40(34)45)47-41-18-10-7-15-35(41)37-23-20-30(27-44(37)47)29-21-25-43-38(26-29)36-16-8-11-19-42(36)46(43)31-12-4-3-5-13-31/h2*1-30H;3-28H,1-2H3. The van der Waals surface area contributed by atoms with Crippen molar-refractivity contribution in [2.75, 3.05) is 0 Å². The number of furan rings is 1. The maximum Gasteiger partial charge on any atom is 0.135 e. The summed E-state index contributed by atoms with van der Waals surface area (Å²) in [5, 5.41) is 20.0. The van der Waals surface area contributed by atoms with Gasteiger partial charge in [-0.2, -0.15) is 0 Å². The van der Waals surface area contributed by atoms with E-state index in [0.717, 1.165) is 39.0 Å². The zero-order chi connectivity index (χ0) is 98.2. The SMILES string of the molecule is CC1(C)c2ccccc2-c2ccc(-n3c4ccccc4c4ccc(-c5ccc6c(c5)c5ccccc5n6-c5ccccc5)cc43)cc21.c1ccc(-c2ccc(-n3c4ccccc4c4ccc(-c5ccc6c(c5)c5ccccc5n6-c5ccc6oc7ccccc7c6c5)cc43)cc2)cc1.c1ccc(-c2ccc(-n3c4ccccc4c4ccc(-c5ccc6c(c5)c5ccccc5n6-c5ccc6sc7ccccc7c6c5)cc43)cc2)cc1. The third kappa shape index (κ3) is 13.7. The van der Waals surface area contributed by atoms with E-state index in [4.69, 9.17) is 4.42 Å². The van der Waals surface area contributed by atoms with Gasteiger partial charge in [-0.1, -0.05) is 347 Å². The van der Waals surface area contributed by atoms with Crippen LogP contribution in [0.2, 0.25) is 0 Å². The lowest BCUT2D eigenvalue weighted by Crippen LogP contribution is -2.15. The molecule has 32 rings (SSSR count). The van der Waals surface area contributed by atoms with Gasteiger partial charge < -0.3 is 31.8 Å². The largest absolute Gasteiger partial charge is 0.456 e. The Morgan fingerprint density at radius 2 is 0.436 bits per heavy atom. The minimum atomic E-state index is -0.0554. The fraction of sp³-hybridized carbons (Fsp3) is 0.0213. The zero-order valence-corrected chi connectivity index (χ0v) is 82.5. The predicted octanol–water partition coefficient (Wildman–Crippen LogP) is 38.6. The van der Waals surface area contributed by atoms with Crippen molar-refractivity contribution in [2.24, 2.45) is 0 Å². The van der Waals surface area contributed by atoms with Crippen molar-refractivity contribution < 1.29 is 4.42 Å². The molecule has 0 atom stereocenters. The first kappa shape index (κ1) is 85.5. The number of hydrogen-bond donors (Lipinski definition) is 0. The highest BCUT2D eigenvalue weighted by atomic mass is 32.1. The lowest BCUT2D eigenvalue weighted by atomic mass is 9.82. The molecule has 698 valence electrons. The average molecular weight is 1920 g/mol. The van der Waals surface area contributed by atoms with Crippen LogP contribution in [-0.2, 0) is 5.41 Å². The molecular formula is C141H92N6OS. The van der Waals surface area contributed by atoms with Crippen LogP contribution in [-0.4, -0.2) is 27.4 Å². The lowest BCUT2D eigenvalue weighted by Gasteiger charge is -2.22. The van der Waals surface area contributed by atoms with E-state index in [1.165, 1.54) is 246 Å². The molecule has 0 aliphatic heterocycles. The summed E-state index contributed by atoms with van der Waals surface area (Å²) < 4.78 is 23.3. The van der Waals surface area contributed by atoms with Crippen LogP contribution in [0.25, 0.3) is 274 Å². The second-order valence-electron chi connectivity index (χ2n) is 40.1.